The maximum atomic E-state index is 11.7. The first-order valence-corrected chi connectivity index (χ1v) is 10.0. The smallest absolute Gasteiger partial charge is 0.305 e. The van der Waals surface area contributed by atoms with E-state index in [2.05, 4.69) is 14.8 Å². The van der Waals surface area contributed by atoms with Gasteiger partial charge < -0.3 is 14.4 Å². The molecule has 1 aliphatic rings. The van der Waals surface area contributed by atoms with Crippen LogP contribution in [0.4, 0.5) is 5.69 Å². The van der Waals surface area contributed by atoms with Crippen molar-refractivity contribution in [2.24, 2.45) is 0 Å². The number of esters is 1. The molecule has 0 amide bonds. The van der Waals surface area contributed by atoms with Crippen molar-refractivity contribution in [3.05, 3.63) is 54.9 Å². The summed E-state index contributed by atoms with van der Waals surface area (Å²) < 4.78 is 11.3. The van der Waals surface area contributed by atoms with E-state index < -0.39 is 0 Å². The normalized spacial score (nSPS) is 15.8. The van der Waals surface area contributed by atoms with Crippen LogP contribution in [0, 0.1) is 0 Å². The first kappa shape index (κ1) is 20.1. The number of carbonyl (C=O) groups is 1. The quantitative estimate of drug-likeness (QED) is 0.619. The van der Waals surface area contributed by atoms with Gasteiger partial charge in [0.2, 0.25) is 0 Å². The molecule has 2 aromatic rings. The van der Waals surface area contributed by atoms with E-state index in [4.69, 9.17) is 9.47 Å². The fourth-order valence-electron chi connectivity index (χ4n) is 3.45. The van der Waals surface area contributed by atoms with E-state index in [-0.39, 0.29) is 12.2 Å². The van der Waals surface area contributed by atoms with Crippen molar-refractivity contribution in [1.82, 2.24) is 9.88 Å². The zero-order valence-electron chi connectivity index (χ0n) is 16.5. The highest BCUT2D eigenvalue weighted by atomic mass is 16.5. The molecular weight excluding hydrogens is 354 g/mol. The fourth-order valence-corrected chi connectivity index (χ4v) is 3.45. The summed E-state index contributed by atoms with van der Waals surface area (Å²) in [5.41, 5.74) is 1.21. The minimum Gasteiger partial charge on any atom is -0.475 e. The summed E-state index contributed by atoms with van der Waals surface area (Å²) in [5, 5.41) is 0. The van der Waals surface area contributed by atoms with E-state index in [0.29, 0.717) is 13.0 Å². The Hall–Kier alpha value is -2.60. The number of carbonyl (C=O) groups excluding carboxylic acids is 1. The number of anilines is 1. The summed E-state index contributed by atoms with van der Waals surface area (Å²) >= 11 is 0. The lowest BCUT2D eigenvalue weighted by atomic mass is 10.1. The summed E-state index contributed by atoms with van der Waals surface area (Å²) in [6.45, 7) is 5.98. The molecule has 150 valence electrons. The van der Waals surface area contributed by atoms with E-state index in [1.807, 2.05) is 61.8 Å². The number of rotatable bonds is 9. The van der Waals surface area contributed by atoms with Crippen LogP contribution in [0.25, 0.3) is 0 Å². The van der Waals surface area contributed by atoms with Gasteiger partial charge in [0, 0.05) is 50.7 Å². The van der Waals surface area contributed by atoms with Crippen LogP contribution in [0.3, 0.4) is 0 Å². The van der Waals surface area contributed by atoms with Crippen LogP contribution in [0.15, 0.2) is 54.9 Å². The third kappa shape index (κ3) is 5.96. The summed E-state index contributed by atoms with van der Waals surface area (Å²) in [6, 6.07) is 14.0. The summed E-state index contributed by atoms with van der Waals surface area (Å²) in [7, 11) is 0. The minimum atomic E-state index is -0.136. The molecule has 0 saturated carbocycles. The predicted molar refractivity (Wildman–Crippen MR) is 109 cm³/mol. The Morgan fingerprint density at radius 1 is 1.07 bits per heavy atom. The summed E-state index contributed by atoms with van der Waals surface area (Å²) in [6.07, 6.45) is 5.59. The number of hydrogen-bond acceptors (Lipinski definition) is 6. The summed E-state index contributed by atoms with van der Waals surface area (Å²) in [4.78, 5) is 20.5. The first-order chi connectivity index (χ1) is 13.8. The topological polar surface area (TPSA) is 54.9 Å². The molecule has 1 saturated heterocycles. The van der Waals surface area contributed by atoms with Crippen LogP contribution in [0.1, 0.15) is 26.2 Å². The molecule has 28 heavy (non-hydrogen) atoms. The molecule has 1 unspecified atom stereocenters. The summed E-state index contributed by atoms with van der Waals surface area (Å²) in [5.74, 6) is 0.726. The van der Waals surface area contributed by atoms with Crippen molar-refractivity contribution >= 4 is 11.7 Å². The van der Waals surface area contributed by atoms with Gasteiger partial charge in [-0.05, 0) is 44.0 Å². The van der Waals surface area contributed by atoms with Crippen LogP contribution >= 0.6 is 0 Å². The number of benzene rings is 1. The number of nitrogens with zero attached hydrogens (tertiary/aromatic N) is 3. The third-order valence-corrected chi connectivity index (χ3v) is 4.90. The van der Waals surface area contributed by atoms with Crippen LogP contribution in [0.5, 0.6) is 5.75 Å². The van der Waals surface area contributed by atoms with E-state index >= 15 is 0 Å². The molecule has 0 aliphatic carbocycles. The van der Waals surface area contributed by atoms with Crippen LogP contribution in [-0.4, -0.2) is 54.9 Å². The fraction of sp³-hybridized carbons (Fsp3) is 0.455. The van der Waals surface area contributed by atoms with Crippen molar-refractivity contribution in [2.45, 2.75) is 32.4 Å². The monoisotopic (exact) mass is 383 g/mol. The molecule has 1 fully saturated rings. The lowest BCUT2D eigenvalue weighted by Gasteiger charge is -2.40. The molecule has 0 spiro atoms. The van der Waals surface area contributed by atoms with Gasteiger partial charge in [-0.25, -0.2) is 0 Å². The van der Waals surface area contributed by atoms with Gasteiger partial charge in [0.15, 0.2) is 6.23 Å². The Kier molecular flexibility index (Phi) is 7.67. The Balaban J connectivity index is 1.57. The van der Waals surface area contributed by atoms with Gasteiger partial charge in [-0.3, -0.25) is 14.7 Å². The number of aromatic nitrogens is 1. The third-order valence-electron chi connectivity index (χ3n) is 4.90. The maximum Gasteiger partial charge on any atom is 0.305 e. The van der Waals surface area contributed by atoms with E-state index in [1.54, 1.807) is 0 Å². The highest BCUT2D eigenvalue weighted by molar-refractivity contribution is 5.69. The molecule has 0 N–H and O–H groups in total. The van der Waals surface area contributed by atoms with E-state index in [9.17, 15) is 4.79 Å². The highest BCUT2D eigenvalue weighted by Gasteiger charge is 2.25. The Morgan fingerprint density at radius 3 is 2.46 bits per heavy atom. The van der Waals surface area contributed by atoms with Crippen molar-refractivity contribution < 1.29 is 14.3 Å². The molecule has 6 nitrogen and oxygen atoms in total. The largest absolute Gasteiger partial charge is 0.475 e. The van der Waals surface area contributed by atoms with Gasteiger partial charge in [0.25, 0.3) is 0 Å². The molecular formula is C22H29N3O3. The number of para-hydroxylation sites is 1. The van der Waals surface area contributed by atoms with Crippen molar-refractivity contribution in [3.63, 3.8) is 0 Å². The molecule has 1 aromatic heterocycles. The molecule has 1 aromatic carbocycles. The highest BCUT2D eigenvalue weighted by Crippen LogP contribution is 2.21. The first-order valence-electron chi connectivity index (χ1n) is 10.0. The maximum absolute atomic E-state index is 11.7. The molecule has 0 radical (unpaired) electrons. The van der Waals surface area contributed by atoms with Gasteiger partial charge >= 0.3 is 5.97 Å². The van der Waals surface area contributed by atoms with Crippen molar-refractivity contribution in [3.8, 4) is 5.75 Å². The van der Waals surface area contributed by atoms with Crippen molar-refractivity contribution in [1.29, 1.82) is 0 Å². The molecule has 0 bridgehead atoms. The Labute approximate surface area is 167 Å². The van der Waals surface area contributed by atoms with Gasteiger partial charge in [0.05, 0.1) is 6.61 Å². The van der Waals surface area contributed by atoms with Gasteiger partial charge in [0.1, 0.15) is 5.75 Å². The predicted octanol–water partition coefficient (Wildman–Crippen LogP) is 3.34. The van der Waals surface area contributed by atoms with Crippen LogP contribution in [-0.2, 0) is 9.53 Å². The van der Waals surface area contributed by atoms with Crippen LogP contribution < -0.4 is 9.64 Å². The zero-order valence-corrected chi connectivity index (χ0v) is 16.5. The average molecular weight is 383 g/mol. The minimum absolute atomic E-state index is 0.0450. The molecule has 3 rings (SSSR count). The van der Waals surface area contributed by atoms with Crippen molar-refractivity contribution in [2.75, 3.05) is 37.7 Å². The number of hydrogen-bond donors (Lipinski definition) is 0. The second-order valence-electron chi connectivity index (χ2n) is 6.81. The molecule has 1 atom stereocenters. The molecule has 1 aliphatic heterocycles. The van der Waals surface area contributed by atoms with Crippen LogP contribution in [0.2, 0.25) is 0 Å². The van der Waals surface area contributed by atoms with E-state index in [0.717, 1.165) is 44.8 Å². The number of pyridine rings is 1. The second-order valence-corrected chi connectivity index (χ2v) is 6.81. The van der Waals surface area contributed by atoms with Gasteiger partial charge in [-0.1, -0.05) is 18.2 Å². The van der Waals surface area contributed by atoms with Gasteiger partial charge in [-0.15, -0.1) is 0 Å². The standard InChI is InChI=1S/C22H29N3O3/c1-2-27-22(26)10-6-9-21(28-20-7-4-3-5-8-20)25-17-15-24(16-18-25)19-11-13-23-14-12-19/h3-5,7-8,11-14,21H,2,6,9-10,15-18H2,1H3. The molecule has 6 heteroatoms. The lowest BCUT2D eigenvalue weighted by molar-refractivity contribution is -0.143. The average Bonchev–Trinajstić information content (AvgIpc) is 2.75. The molecule has 2 heterocycles. The Morgan fingerprint density at radius 2 is 1.79 bits per heavy atom. The van der Waals surface area contributed by atoms with Gasteiger partial charge in [-0.2, -0.15) is 0 Å². The lowest BCUT2D eigenvalue weighted by Crippen LogP contribution is -2.52. The van der Waals surface area contributed by atoms with E-state index in [1.165, 1.54) is 5.69 Å². The number of ether oxygens (including phenoxy) is 2. The number of piperazine rings is 1. The SMILES string of the molecule is CCOC(=O)CCCC(Oc1ccccc1)N1CCN(c2ccncc2)CC1. The Bertz CT molecular complexity index is 703. The zero-order chi connectivity index (χ0) is 19.6. The second kappa shape index (κ2) is 10.7.